The van der Waals surface area contributed by atoms with E-state index in [0.29, 0.717) is 16.6 Å². The summed E-state index contributed by atoms with van der Waals surface area (Å²) in [6.07, 6.45) is 0.888. The van der Waals surface area contributed by atoms with Crippen LogP contribution in [0.1, 0.15) is 35.2 Å². The van der Waals surface area contributed by atoms with Gasteiger partial charge in [0.1, 0.15) is 0 Å². The van der Waals surface area contributed by atoms with Crippen LogP contribution in [0.5, 0.6) is 0 Å². The largest absolute Gasteiger partial charge is 0.379 e. The molecule has 1 aliphatic rings. The molecule has 7 nitrogen and oxygen atoms in total. The summed E-state index contributed by atoms with van der Waals surface area (Å²) in [4.78, 5) is 16.8. The van der Waals surface area contributed by atoms with Gasteiger partial charge in [0.2, 0.25) is 0 Å². The number of benzene rings is 1. The molecule has 0 bridgehead atoms. The molecule has 1 aliphatic heterocycles. The van der Waals surface area contributed by atoms with E-state index in [4.69, 9.17) is 16.0 Å². The van der Waals surface area contributed by atoms with Gasteiger partial charge < -0.3 is 21.3 Å². The minimum Gasteiger partial charge on any atom is -0.379 e. The lowest BCUT2D eigenvalue weighted by Gasteiger charge is -2.30. The summed E-state index contributed by atoms with van der Waals surface area (Å²) in [6, 6.07) is 9.14. The first-order chi connectivity index (χ1) is 11.5. The molecule has 24 heavy (non-hydrogen) atoms. The van der Waals surface area contributed by atoms with E-state index in [1.165, 1.54) is 6.07 Å². The summed E-state index contributed by atoms with van der Waals surface area (Å²) >= 11 is 1.56. The molecule has 1 amide bonds. The number of amides is 1. The first kappa shape index (κ1) is 16.5. The zero-order chi connectivity index (χ0) is 17.2. The van der Waals surface area contributed by atoms with Crippen LogP contribution in [0.25, 0.3) is 0 Å². The van der Waals surface area contributed by atoms with Gasteiger partial charge in [0, 0.05) is 17.5 Å². The highest BCUT2D eigenvalue weighted by molar-refractivity contribution is 8.13. The van der Waals surface area contributed by atoms with Crippen molar-refractivity contribution in [3.05, 3.63) is 47.3 Å². The zero-order valence-electron chi connectivity index (χ0n) is 13.3. The highest BCUT2D eigenvalue weighted by Crippen LogP contribution is 2.35. The lowest BCUT2D eigenvalue weighted by Crippen LogP contribution is -2.28. The van der Waals surface area contributed by atoms with E-state index in [1.807, 2.05) is 31.2 Å². The smallest absolute Gasteiger partial charge is 0.277 e. The lowest BCUT2D eigenvalue weighted by atomic mass is 9.89. The van der Waals surface area contributed by atoms with E-state index >= 15 is 0 Å². The summed E-state index contributed by atoms with van der Waals surface area (Å²) in [7, 11) is 0. The van der Waals surface area contributed by atoms with Crippen molar-refractivity contribution in [1.29, 1.82) is 0 Å². The molecule has 2 heterocycles. The number of aliphatic imine (C=N–C) groups is 1. The Labute approximate surface area is 143 Å². The van der Waals surface area contributed by atoms with Crippen LogP contribution in [0.15, 0.2) is 39.8 Å². The predicted molar refractivity (Wildman–Crippen MR) is 94.8 cm³/mol. The number of aromatic nitrogens is 1. The topological polar surface area (TPSA) is 120 Å². The second kappa shape index (κ2) is 6.66. The van der Waals surface area contributed by atoms with Gasteiger partial charge in [-0.1, -0.05) is 29.1 Å². The van der Waals surface area contributed by atoms with E-state index in [0.717, 1.165) is 17.7 Å². The van der Waals surface area contributed by atoms with E-state index in [9.17, 15) is 4.79 Å². The normalized spacial score (nSPS) is 20.5. The molecular weight excluding hydrogens is 326 g/mol. The van der Waals surface area contributed by atoms with Gasteiger partial charge in [-0.15, -0.1) is 0 Å². The molecular formula is C16H19N5O2S. The van der Waals surface area contributed by atoms with Crippen molar-refractivity contribution in [3.63, 3.8) is 0 Å². The van der Waals surface area contributed by atoms with Gasteiger partial charge in [-0.2, -0.15) is 0 Å². The summed E-state index contributed by atoms with van der Waals surface area (Å²) in [5, 5.41) is 7.12. The van der Waals surface area contributed by atoms with Gasteiger partial charge in [-0.3, -0.25) is 9.79 Å². The average Bonchev–Trinajstić information content (AvgIpc) is 3.04. The minimum atomic E-state index is -0.378. The van der Waals surface area contributed by atoms with Crippen LogP contribution in [0.2, 0.25) is 0 Å². The Morgan fingerprint density at radius 1 is 1.46 bits per heavy atom. The third-order valence-electron chi connectivity index (χ3n) is 3.93. The monoisotopic (exact) mass is 345 g/mol. The summed E-state index contributed by atoms with van der Waals surface area (Å²) in [5.74, 6) is 1.04. The molecule has 5 N–H and O–H groups in total. The van der Waals surface area contributed by atoms with Crippen LogP contribution < -0.4 is 16.8 Å². The van der Waals surface area contributed by atoms with Crippen LogP contribution in [0.4, 0.5) is 5.69 Å². The first-order valence-electron chi connectivity index (χ1n) is 7.56. The van der Waals surface area contributed by atoms with Crippen LogP contribution in [0.3, 0.4) is 0 Å². The number of amidine groups is 1. The Balaban J connectivity index is 1.80. The molecule has 0 radical (unpaired) electrons. The zero-order valence-corrected chi connectivity index (χ0v) is 14.1. The van der Waals surface area contributed by atoms with Gasteiger partial charge in [-0.25, -0.2) is 0 Å². The van der Waals surface area contributed by atoms with E-state index < -0.39 is 0 Å². The van der Waals surface area contributed by atoms with Crippen molar-refractivity contribution in [3.8, 4) is 0 Å². The van der Waals surface area contributed by atoms with Crippen molar-refractivity contribution >= 4 is 28.5 Å². The number of nitrogens with one attached hydrogen (secondary N) is 1. The molecule has 0 fully saturated rings. The molecule has 0 saturated carbocycles. The molecule has 0 saturated heterocycles. The third-order valence-corrected chi connectivity index (χ3v) is 4.73. The van der Waals surface area contributed by atoms with Gasteiger partial charge in [0.15, 0.2) is 16.6 Å². The number of nitrogens with zero attached hydrogens (tertiary/aromatic N) is 2. The lowest BCUT2D eigenvalue weighted by molar-refractivity contribution is 0.101. The fourth-order valence-corrected chi connectivity index (χ4v) is 3.51. The number of anilines is 1. The van der Waals surface area contributed by atoms with E-state index in [2.05, 4.69) is 15.5 Å². The third kappa shape index (κ3) is 3.44. The van der Waals surface area contributed by atoms with Crippen LogP contribution in [-0.4, -0.2) is 22.0 Å². The van der Waals surface area contributed by atoms with Gasteiger partial charge >= 0.3 is 0 Å². The van der Waals surface area contributed by atoms with E-state index in [-0.39, 0.29) is 23.7 Å². The van der Waals surface area contributed by atoms with E-state index in [1.54, 1.807) is 11.8 Å². The Morgan fingerprint density at radius 2 is 2.29 bits per heavy atom. The standard InChI is InChI=1S/C16H19N5O2S/c1-16(5-6-24-15(18)20-16)10-3-2-4-11(7-10)19-14(22)13-8-12(9-17)23-21-13/h2-4,7-8H,5-6,9,17H2,1H3,(H2,18,20)(H,19,22). The second-order valence-electron chi connectivity index (χ2n) is 5.74. The molecule has 3 rings (SSSR count). The predicted octanol–water partition coefficient (Wildman–Crippen LogP) is 2.05. The number of carbonyl (C=O) groups excluding carboxylic acids is 1. The summed E-state index contributed by atoms with van der Waals surface area (Å²) in [5.41, 5.74) is 12.8. The molecule has 2 aromatic rings. The Morgan fingerprint density at radius 3 is 3.00 bits per heavy atom. The van der Waals surface area contributed by atoms with Gasteiger partial charge in [-0.05, 0) is 31.0 Å². The maximum absolute atomic E-state index is 12.2. The maximum Gasteiger partial charge on any atom is 0.277 e. The van der Waals surface area contributed by atoms with Crippen molar-refractivity contribution in [2.45, 2.75) is 25.4 Å². The van der Waals surface area contributed by atoms with Crippen molar-refractivity contribution in [2.75, 3.05) is 11.1 Å². The highest BCUT2D eigenvalue weighted by Gasteiger charge is 2.29. The molecule has 0 spiro atoms. The molecule has 0 aliphatic carbocycles. The number of carbonyl (C=O) groups is 1. The Kier molecular flexibility index (Phi) is 4.59. The van der Waals surface area contributed by atoms with Crippen molar-refractivity contribution < 1.29 is 9.32 Å². The van der Waals surface area contributed by atoms with Crippen LogP contribution in [0, 0.1) is 0 Å². The molecule has 126 valence electrons. The molecule has 1 atom stereocenters. The molecule has 8 heteroatoms. The summed E-state index contributed by atoms with van der Waals surface area (Å²) < 4.78 is 4.95. The number of rotatable bonds is 4. The number of nitrogens with two attached hydrogens (primary N) is 2. The quantitative estimate of drug-likeness (QED) is 0.780. The highest BCUT2D eigenvalue weighted by atomic mass is 32.2. The Hall–Kier alpha value is -2.32. The fourth-order valence-electron chi connectivity index (χ4n) is 2.54. The van der Waals surface area contributed by atoms with Crippen molar-refractivity contribution in [2.24, 2.45) is 16.5 Å². The first-order valence-corrected chi connectivity index (χ1v) is 8.54. The Bertz CT molecular complexity index is 788. The van der Waals surface area contributed by atoms with Gasteiger partial charge in [0.05, 0.1) is 12.1 Å². The van der Waals surface area contributed by atoms with Gasteiger partial charge in [0.25, 0.3) is 5.91 Å². The van der Waals surface area contributed by atoms with Crippen molar-refractivity contribution in [1.82, 2.24) is 5.16 Å². The number of hydrogen-bond donors (Lipinski definition) is 3. The molecule has 1 aromatic heterocycles. The summed E-state index contributed by atoms with van der Waals surface area (Å²) in [6.45, 7) is 2.25. The number of hydrogen-bond acceptors (Lipinski definition) is 7. The molecule has 1 aromatic carbocycles. The minimum absolute atomic E-state index is 0.198. The van der Waals surface area contributed by atoms with Crippen LogP contribution in [-0.2, 0) is 12.1 Å². The SMILES string of the molecule is CC1(c2cccc(NC(=O)c3cc(CN)on3)c2)CCSC(N)=N1. The van der Waals surface area contributed by atoms with Crippen LogP contribution >= 0.6 is 11.8 Å². The average molecular weight is 345 g/mol. The number of thioether (sulfide) groups is 1. The molecule has 1 unspecified atom stereocenters. The fraction of sp³-hybridized carbons (Fsp3) is 0.312. The maximum atomic E-state index is 12.2. The second-order valence-corrected chi connectivity index (χ2v) is 6.86.